The van der Waals surface area contributed by atoms with Gasteiger partial charge in [-0.05, 0) is 13.3 Å². The monoisotopic (exact) mass is 295 g/mol. The quantitative estimate of drug-likeness (QED) is 0.636. The molecule has 1 aromatic heterocycles. The molecule has 0 atom stereocenters. The maximum atomic E-state index is 11.7. The second-order valence-corrected chi connectivity index (χ2v) is 5.47. The van der Waals surface area contributed by atoms with Crippen LogP contribution in [0, 0.1) is 6.92 Å². The van der Waals surface area contributed by atoms with Crippen LogP contribution in [0.1, 0.15) is 57.6 Å². The summed E-state index contributed by atoms with van der Waals surface area (Å²) in [5.41, 5.74) is 0.895. The average molecular weight is 295 g/mol. The van der Waals surface area contributed by atoms with Crippen molar-refractivity contribution in [2.24, 2.45) is 7.05 Å². The smallest absolute Gasteiger partial charge is 0.227 e. The lowest BCUT2D eigenvalue weighted by Gasteiger charge is -2.06. The molecule has 5 heteroatoms. The molecule has 1 aromatic rings. The summed E-state index contributed by atoms with van der Waals surface area (Å²) in [6.07, 6.45) is 7.92. The summed E-state index contributed by atoms with van der Waals surface area (Å²) in [6, 6.07) is 1.86. The minimum Gasteiger partial charge on any atom is -0.381 e. The van der Waals surface area contributed by atoms with Gasteiger partial charge in [0, 0.05) is 19.7 Å². The van der Waals surface area contributed by atoms with Crippen molar-refractivity contribution < 1.29 is 9.53 Å². The molecule has 0 saturated heterocycles. The molecule has 0 radical (unpaired) electrons. The summed E-state index contributed by atoms with van der Waals surface area (Å²) in [6.45, 7) is 5.36. The number of aryl methyl sites for hydroxylation is 2. The first-order valence-electron chi connectivity index (χ1n) is 8.01. The summed E-state index contributed by atoms with van der Waals surface area (Å²) >= 11 is 0. The Bertz CT molecular complexity index is 416. The Morgan fingerprint density at radius 1 is 1.24 bits per heavy atom. The topological polar surface area (TPSA) is 56.1 Å². The number of amides is 1. The SMILES string of the molecule is CCCCCCCCOCCC(=O)Nc1cc(C)nn1C. The predicted octanol–water partition coefficient (Wildman–Crippen LogP) is 3.43. The van der Waals surface area contributed by atoms with Gasteiger partial charge >= 0.3 is 0 Å². The molecule has 0 unspecified atom stereocenters. The number of aromatic nitrogens is 2. The van der Waals surface area contributed by atoms with Crippen LogP contribution in [0.4, 0.5) is 5.82 Å². The Hall–Kier alpha value is -1.36. The van der Waals surface area contributed by atoms with Crippen molar-refractivity contribution in [3.05, 3.63) is 11.8 Å². The number of nitrogens with zero attached hydrogens (tertiary/aromatic N) is 2. The third-order valence-electron chi connectivity index (χ3n) is 3.39. The largest absolute Gasteiger partial charge is 0.381 e. The van der Waals surface area contributed by atoms with Crippen molar-refractivity contribution in [3.8, 4) is 0 Å². The molecule has 0 saturated carbocycles. The highest BCUT2D eigenvalue weighted by Gasteiger charge is 2.06. The molecule has 120 valence electrons. The van der Waals surface area contributed by atoms with Crippen molar-refractivity contribution in [2.75, 3.05) is 18.5 Å². The summed E-state index contributed by atoms with van der Waals surface area (Å²) in [4.78, 5) is 11.7. The molecule has 1 heterocycles. The third-order valence-corrected chi connectivity index (χ3v) is 3.39. The second kappa shape index (κ2) is 10.4. The number of unbranched alkanes of at least 4 members (excludes halogenated alkanes) is 5. The van der Waals surface area contributed by atoms with E-state index in [4.69, 9.17) is 4.74 Å². The molecule has 0 aliphatic rings. The summed E-state index contributed by atoms with van der Waals surface area (Å²) < 4.78 is 7.17. The zero-order chi connectivity index (χ0) is 15.5. The number of anilines is 1. The fourth-order valence-corrected chi connectivity index (χ4v) is 2.18. The van der Waals surface area contributed by atoms with Gasteiger partial charge in [0.1, 0.15) is 5.82 Å². The van der Waals surface area contributed by atoms with Gasteiger partial charge in [-0.1, -0.05) is 39.0 Å². The van der Waals surface area contributed by atoms with Crippen LogP contribution in [0.2, 0.25) is 0 Å². The average Bonchev–Trinajstić information content (AvgIpc) is 2.75. The summed E-state index contributed by atoms with van der Waals surface area (Å²) in [7, 11) is 1.82. The maximum Gasteiger partial charge on any atom is 0.227 e. The minimum absolute atomic E-state index is 0.0269. The van der Waals surface area contributed by atoms with Crippen molar-refractivity contribution in [3.63, 3.8) is 0 Å². The molecule has 5 nitrogen and oxygen atoms in total. The number of nitrogens with one attached hydrogen (secondary N) is 1. The van der Waals surface area contributed by atoms with Crippen molar-refractivity contribution in [1.29, 1.82) is 0 Å². The Morgan fingerprint density at radius 2 is 1.95 bits per heavy atom. The summed E-state index contributed by atoms with van der Waals surface area (Å²) in [5.74, 6) is 0.703. The van der Waals surface area contributed by atoms with E-state index in [1.165, 1.54) is 32.1 Å². The molecule has 0 fully saturated rings. The minimum atomic E-state index is -0.0269. The van der Waals surface area contributed by atoms with E-state index in [-0.39, 0.29) is 5.91 Å². The highest BCUT2D eigenvalue weighted by atomic mass is 16.5. The van der Waals surface area contributed by atoms with E-state index in [9.17, 15) is 4.79 Å². The van der Waals surface area contributed by atoms with Gasteiger partial charge in [-0.3, -0.25) is 9.48 Å². The van der Waals surface area contributed by atoms with Gasteiger partial charge in [0.05, 0.1) is 18.7 Å². The highest BCUT2D eigenvalue weighted by Crippen LogP contribution is 2.08. The number of carbonyl (C=O) groups excluding carboxylic acids is 1. The highest BCUT2D eigenvalue weighted by molar-refractivity contribution is 5.89. The van der Waals surface area contributed by atoms with Gasteiger partial charge in [0.2, 0.25) is 5.91 Å². The fourth-order valence-electron chi connectivity index (χ4n) is 2.18. The van der Waals surface area contributed by atoms with Gasteiger partial charge in [0.25, 0.3) is 0 Å². The summed E-state index contributed by atoms with van der Waals surface area (Å²) in [5, 5.41) is 7.02. The van der Waals surface area contributed by atoms with Crippen LogP contribution in [0.25, 0.3) is 0 Å². The molecule has 0 aliphatic heterocycles. The lowest BCUT2D eigenvalue weighted by Crippen LogP contribution is -2.16. The maximum absolute atomic E-state index is 11.7. The van der Waals surface area contributed by atoms with E-state index in [0.717, 1.165) is 24.5 Å². The van der Waals surface area contributed by atoms with Gasteiger partial charge in [-0.15, -0.1) is 0 Å². The second-order valence-electron chi connectivity index (χ2n) is 5.47. The first-order chi connectivity index (χ1) is 10.1. The molecule has 0 bridgehead atoms. The van der Waals surface area contributed by atoms with E-state index >= 15 is 0 Å². The fraction of sp³-hybridized carbons (Fsp3) is 0.750. The van der Waals surface area contributed by atoms with Crippen LogP contribution in [0.5, 0.6) is 0 Å². The molecular formula is C16H29N3O2. The molecule has 0 aromatic carbocycles. The Balaban J connectivity index is 2.00. The van der Waals surface area contributed by atoms with Crippen molar-refractivity contribution >= 4 is 11.7 Å². The van der Waals surface area contributed by atoms with Crippen LogP contribution in [-0.2, 0) is 16.6 Å². The number of carbonyl (C=O) groups is 1. The van der Waals surface area contributed by atoms with Crippen LogP contribution in [0.15, 0.2) is 6.07 Å². The zero-order valence-electron chi connectivity index (χ0n) is 13.7. The molecule has 1 rings (SSSR count). The zero-order valence-corrected chi connectivity index (χ0v) is 13.7. The third kappa shape index (κ3) is 7.85. The standard InChI is InChI=1S/C16H29N3O2/c1-4-5-6-7-8-9-11-21-12-10-16(20)17-15-13-14(2)18-19(15)3/h13H,4-12H2,1-3H3,(H,17,20). The van der Waals surface area contributed by atoms with E-state index in [1.54, 1.807) is 4.68 Å². The van der Waals surface area contributed by atoms with E-state index < -0.39 is 0 Å². The Morgan fingerprint density at radius 3 is 2.62 bits per heavy atom. The van der Waals surface area contributed by atoms with E-state index in [2.05, 4.69) is 17.3 Å². The molecule has 1 amide bonds. The Kier molecular flexibility index (Phi) is 8.74. The molecular weight excluding hydrogens is 266 g/mol. The normalized spacial score (nSPS) is 10.8. The van der Waals surface area contributed by atoms with Crippen LogP contribution in [-0.4, -0.2) is 28.9 Å². The lowest BCUT2D eigenvalue weighted by atomic mass is 10.1. The predicted molar refractivity (Wildman–Crippen MR) is 85.4 cm³/mol. The number of ether oxygens (including phenoxy) is 1. The van der Waals surface area contributed by atoms with Crippen molar-refractivity contribution in [2.45, 2.75) is 58.8 Å². The van der Waals surface area contributed by atoms with Gasteiger partial charge in [-0.25, -0.2) is 0 Å². The molecule has 0 spiro atoms. The van der Waals surface area contributed by atoms with E-state index in [1.807, 2.05) is 20.0 Å². The van der Waals surface area contributed by atoms with Gasteiger partial charge in [0.15, 0.2) is 0 Å². The number of rotatable bonds is 11. The number of hydrogen-bond acceptors (Lipinski definition) is 3. The first-order valence-corrected chi connectivity index (χ1v) is 8.01. The molecule has 1 N–H and O–H groups in total. The first kappa shape index (κ1) is 17.7. The van der Waals surface area contributed by atoms with Gasteiger partial charge in [-0.2, -0.15) is 5.10 Å². The van der Waals surface area contributed by atoms with Crippen LogP contribution in [0.3, 0.4) is 0 Å². The molecule has 0 aliphatic carbocycles. The van der Waals surface area contributed by atoms with Crippen LogP contribution >= 0.6 is 0 Å². The molecule has 21 heavy (non-hydrogen) atoms. The lowest BCUT2D eigenvalue weighted by molar-refractivity contribution is -0.117. The van der Waals surface area contributed by atoms with E-state index in [0.29, 0.717) is 13.0 Å². The van der Waals surface area contributed by atoms with Gasteiger partial charge < -0.3 is 10.1 Å². The van der Waals surface area contributed by atoms with Crippen molar-refractivity contribution in [1.82, 2.24) is 9.78 Å². The van der Waals surface area contributed by atoms with Crippen LogP contribution < -0.4 is 5.32 Å². The number of hydrogen-bond donors (Lipinski definition) is 1. The Labute approximate surface area is 128 Å².